The first kappa shape index (κ1) is 23.1. The Hall–Kier alpha value is -2.12. The van der Waals surface area contributed by atoms with E-state index in [9.17, 15) is 0 Å². The molecule has 6 N–H and O–H groups in total. The molecule has 1 atom stereocenters. The summed E-state index contributed by atoms with van der Waals surface area (Å²) in [5, 5.41) is 17.5. The predicted octanol–water partition coefficient (Wildman–Crippen LogP) is 2.88. The number of alkyl halides is 1. The number of hydrogen-bond donors (Lipinski definition) is 5. The summed E-state index contributed by atoms with van der Waals surface area (Å²) in [6.45, 7) is 8.38. The van der Waals surface area contributed by atoms with Gasteiger partial charge in [-0.25, -0.2) is 0 Å². The summed E-state index contributed by atoms with van der Waals surface area (Å²) < 4.78 is 0.318. The van der Waals surface area contributed by atoms with Crippen LogP contribution in [0.25, 0.3) is 0 Å². The molecule has 174 valence electrons. The number of hydrogen-bond acceptors (Lipinski definition) is 9. The van der Waals surface area contributed by atoms with Crippen molar-refractivity contribution in [2.24, 2.45) is 11.8 Å². The third-order valence-corrected chi connectivity index (χ3v) is 7.38. The van der Waals surface area contributed by atoms with Crippen molar-refractivity contribution in [1.29, 1.82) is 0 Å². The number of piperazine rings is 1. The number of anilines is 4. The first-order valence-electron chi connectivity index (χ1n) is 11.1. The maximum atomic E-state index is 5.50. The normalized spacial score (nSPS) is 18.0. The van der Waals surface area contributed by atoms with Gasteiger partial charge >= 0.3 is 0 Å². The maximum absolute atomic E-state index is 5.50. The van der Waals surface area contributed by atoms with E-state index in [1.807, 2.05) is 12.1 Å². The molecule has 10 nitrogen and oxygen atoms in total. The van der Waals surface area contributed by atoms with Crippen LogP contribution in [0.1, 0.15) is 38.3 Å². The highest BCUT2D eigenvalue weighted by molar-refractivity contribution is 14.1. The second-order valence-corrected chi connectivity index (χ2v) is 10.0. The van der Waals surface area contributed by atoms with Crippen LogP contribution in [-0.2, 0) is 4.84 Å². The fraction of sp³-hybridized carbons (Fsp3) is 0.571. The predicted molar refractivity (Wildman–Crippen MR) is 135 cm³/mol. The fourth-order valence-corrected chi connectivity index (χ4v) is 3.85. The Morgan fingerprint density at radius 3 is 2.75 bits per heavy atom. The quantitative estimate of drug-likeness (QED) is 0.131. The van der Waals surface area contributed by atoms with Gasteiger partial charge in [0, 0.05) is 53.8 Å². The summed E-state index contributed by atoms with van der Waals surface area (Å²) >= 11 is 2.38. The number of aromatic nitrogens is 4. The molecule has 2 aromatic rings. The summed E-state index contributed by atoms with van der Waals surface area (Å²) in [7, 11) is 0. The highest BCUT2D eigenvalue weighted by Gasteiger charge is 2.25. The molecule has 1 aliphatic heterocycles. The Morgan fingerprint density at radius 1 is 1.28 bits per heavy atom. The smallest absolute Gasteiger partial charge is 0.227 e. The second kappa shape index (κ2) is 10.7. The van der Waals surface area contributed by atoms with Crippen molar-refractivity contribution < 1.29 is 4.84 Å². The van der Waals surface area contributed by atoms with Gasteiger partial charge in [-0.05, 0) is 24.8 Å². The Morgan fingerprint density at radius 2 is 2.06 bits per heavy atom. The van der Waals surface area contributed by atoms with E-state index in [1.54, 1.807) is 0 Å². The van der Waals surface area contributed by atoms with Crippen molar-refractivity contribution in [3.63, 3.8) is 0 Å². The van der Waals surface area contributed by atoms with Crippen LogP contribution in [0, 0.1) is 5.92 Å². The van der Waals surface area contributed by atoms with E-state index in [0.717, 1.165) is 37.8 Å². The Balaban J connectivity index is 1.52. The van der Waals surface area contributed by atoms with Gasteiger partial charge in [-0.1, -0.05) is 36.4 Å². The summed E-state index contributed by atoms with van der Waals surface area (Å²) in [5.41, 5.74) is 1.18. The lowest BCUT2D eigenvalue weighted by molar-refractivity contribution is 0.218. The van der Waals surface area contributed by atoms with Crippen LogP contribution >= 0.6 is 22.6 Å². The zero-order chi connectivity index (χ0) is 22.5. The topological polar surface area (TPSA) is 129 Å². The second-order valence-electron chi connectivity index (χ2n) is 8.57. The van der Waals surface area contributed by atoms with Crippen molar-refractivity contribution in [3.05, 3.63) is 29.7 Å². The van der Waals surface area contributed by atoms with E-state index in [-0.39, 0.29) is 0 Å². The van der Waals surface area contributed by atoms with Gasteiger partial charge < -0.3 is 25.7 Å². The molecule has 0 radical (unpaired) electrons. The molecule has 11 heteroatoms. The third-order valence-electron chi connectivity index (χ3n) is 5.58. The molecule has 0 amide bonds. The highest BCUT2D eigenvalue weighted by atomic mass is 127. The number of allylic oxidation sites excluding steroid dienone is 1. The number of halogens is 1. The van der Waals surface area contributed by atoms with Crippen LogP contribution in [0.5, 0.6) is 0 Å². The van der Waals surface area contributed by atoms with Gasteiger partial charge in [0.05, 0.1) is 6.54 Å². The molecule has 3 heterocycles. The van der Waals surface area contributed by atoms with Gasteiger partial charge in [0.25, 0.3) is 0 Å². The van der Waals surface area contributed by atoms with Crippen LogP contribution in [0.4, 0.5) is 23.4 Å². The van der Waals surface area contributed by atoms with Gasteiger partial charge in [-0.15, -0.1) is 0 Å². The minimum Gasteiger partial charge on any atom is -0.414 e. The van der Waals surface area contributed by atoms with Crippen LogP contribution in [0.2, 0.25) is 0 Å². The number of rotatable bonds is 10. The molecular formula is C21H32IN9O. The summed E-state index contributed by atoms with van der Waals surface area (Å²) in [5.74, 6) is 10.1. The van der Waals surface area contributed by atoms with Crippen molar-refractivity contribution in [2.75, 3.05) is 48.3 Å². The van der Waals surface area contributed by atoms with Crippen molar-refractivity contribution in [3.8, 4) is 0 Å². The number of H-pyrrole nitrogens is 1. The van der Waals surface area contributed by atoms with Crippen LogP contribution in [0.3, 0.4) is 0 Å². The molecule has 1 saturated heterocycles. The molecular weight excluding hydrogens is 521 g/mol. The molecule has 2 aliphatic rings. The van der Waals surface area contributed by atoms with Gasteiger partial charge in [-0.3, -0.25) is 5.10 Å². The van der Waals surface area contributed by atoms with E-state index in [2.05, 4.69) is 78.5 Å². The van der Waals surface area contributed by atoms with E-state index < -0.39 is 0 Å². The highest BCUT2D eigenvalue weighted by Crippen LogP contribution is 2.39. The SMILES string of the molecule is CC(C)C(I)/C=C(/CNc1nc(Nc2cc(C3CC3)[nH]n2)cc(N2CCNCC2)n1)ON. The first-order chi connectivity index (χ1) is 15.5. The summed E-state index contributed by atoms with van der Waals surface area (Å²) in [4.78, 5) is 16.7. The van der Waals surface area contributed by atoms with Crippen molar-refractivity contribution in [2.45, 2.75) is 36.5 Å². The molecule has 1 unspecified atom stereocenters. The molecule has 0 aromatic carbocycles. The van der Waals surface area contributed by atoms with Crippen molar-refractivity contribution >= 4 is 46.0 Å². The van der Waals surface area contributed by atoms with Gasteiger partial charge in [0.15, 0.2) is 5.82 Å². The monoisotopic (exact) mass is 553 g/mol. The molecule has 0 bridgehead atoms. The molecule has 2 aromatic heterocycles. The zero-order valence-electron chi connectivity index (χ0n) is 18.6. The van der Waals surface area contributed by atoms with E-state index in [1.165, 1.54) is 18.5 Å². The van der Waals surface area contributed by atoms with Crippen molar-refractivity contribution in [1.82, 2.24) is 25.5 Å². The number of aromatic amines is 1. The minimum absolute atomic E-state index is 0.318. The third kappa shape index (κ3) is 6.23. The summed E-state index contributed by atoms with van der Waals surface area (Å²) in [6, 6.07) is 4.03. The molecule has 1 aliphatic carbocycles. The van der Waals surface area contributed by atoms with Crippen LogP contribution < -0.4 is 26.7 Å². The van der Waals surface area contributed by atoms with Gasteiger partial charge in [-0.2, -0.15) is 21.0 Å². The zero-order valence-corrected chi connectivity index (χ0v) is 20.7. The lowest BCUT2D eigenvalue weighted by atomic mass is 10.1. The van der Waals surface area contributed by atoms with Crippen LogP contribution in [0.15, 0.2) is 24.0 Å². The minimum atomic E-state index is 0.318. The maximum Gasteiger partial charge on any atom is 0.227 e. The number of nitrogens with zero attached hydrogens (tertiary/aromatic N) is 4. The molecule has 32 heavy (non-hydrogen) atoms. The molecule has 0 spiro atoms. The largest absolute Gasteiger partial charge is 0.414 e. The number of nitrogens with two attached hydrogens (primary N) is 1. The molecule has 4 rings (SSSR count). The first-order valence-corrected chi connectivity index (χ1v) is 12.4. The van der Waals surface area contributed by atoms with Gasteiger partial charge in [0.1, 0.15) is 17.4 Å². The number of nitrogens with one attached hydrogen (secondary N) is 4. The van der Waals surface area contributed by atoms with E-state index >= 15 is 0 Å². The Kier molecular flexibility index (Phi) is 7.68. The lowest BCUT2D eigenvalue weighted by Gasteiger charge is -2.28. The van der Waals surface area contributed by atoms with Gasteiger partial charge in [0.2, 0.25) is 5.95 Å². The Bertz CT molecular complexity index is 922. The average Bonchev–Trinajstić information content (AvgIpc) is 3.56. The lowest BCUT2D eigenvalue weighted by Crippen LogP contribution is -2.44. The van der Waals surface area contributed by atoms with E-state index in [4.69, 9.17) is 15.7 Å². The van der Waals surface area contributed by atoms with E-state index in [0.29, 0.717) is 39.8 Å². The van der Waals surface area contributed by atoms with Crippen LogP contribution in [-0.4, -0.2) is 56.8 Å². The molecule has 2 fully saturated rings. The average molecular weight is 553 g/mol. The fourth-order valence-electron chi connectivity index (χ4n) is 3.44. The summed E-state index contributed by atoms with van der Waals surface area (Å²) in [6.07, 6.45) is 4.48. The molecule has 1 saturated carbocycles. The standard InChI is InChI=1S/C21H32IN9O/c1-13(2)16(22)9-15(32-23)12-25-21-27-18(11-20(28-21)31-7-5-24-6-8-31)26-19-10-17(29-30-19)14-3-4-14/h9-11,13-14,16,24H,3-8,12,23H2,1-2H3,(H3,25,26,27,28,29,30)/b15-9-. The Labute approximate surface area is 202 Å².